The highest BCUT2D eigenvalue weighted by atomic mass is 16.2. The zero-order valence-electron chi connectivity index (χ0n) is 41.5. The van der Waals surface area contributed by atoms with E-state index in [1.807, 2.05) is 28.3 Å². The molecule has 9 heterocycles. The van der Waals surface area contributed by atoms with Gasteiger partial charge in [-0.2, -0.15) is 0 Å². The van der Waals surface area contributed by atoms with Crippen LogP contribution in [0.5, 0.6) is 0 Å². The molecule has 5 amide bonds. The van der Waals surface area contributed by atoms with Gasteiger partial charge in [-0.25, -0.2) is 15.0 Å². The second-order valence-corrected chi connectivity index (χ2v) is 22.4. The predicted molar refractivity (Wildman–Crippen MR) is 271 cm³/mol. The highest BCUT2D eigenvalue weighted by Crippen LogP contribution is 2.52. The molecule has 2 N–H and O–H groups in total. The minimum atomic E-state index is -0.673. The number of rotatable bonds is 10. The monoisotopic (exact) mass is 964 g/mol. The first-order valence-electron chi connectivity index (χ1n) is 27.0. The van der Waals surface area contributed by atoms with E-state index in [9.17, 15) is 19.2 Å². The predicted octanol–water partition coefficient (Wildman–Crippen LogP) is 6.55. The number of imide groups is 1. The van der Waals surface area contributed by atoms with Gasteiger partial charge in [0, 0.05) is 99.1 Å². The van der Waals surface area contributed by atoms with Crippen molar-refractivity contribution < 1.29 is 24.0 Å². The molecule has 0 bridgehead atoms. The second kappa shape index (κ2) is 18.6. The maximum atomic E-state index is 15.2. The number of nitrogens with one attached hydrogen (secondary N) is 2. The third-order valence-electron chi connectivity index (χ3n) is 17.7. The first-order valence-corrected chi connectivity index (χ1v) is 27.0. The van der Waals surface area contributed by atoms with Crippen molar-refractivity contribution in [2.45, 2.75) is 146 Å². The summed E-state index contributed by atoms with van der Waals surface area (Å²) in [6.07, 6.45) is 16.5. The number of carbonyl (C=O) groups excluding carboxylic acids is 5. The van der Waals surface area contributed by atoms with Gasteiger partial charge in [-0.15, -0.1) is 0 Å². The summed E-state index contributed by atoms with van der Waals surface area (Å²) >= 11 is 0. The van der Waals surface area contributed by atoms with Crippen molar-refractivity contribution >= 4 is 57.9 Å². The van der Waals surface area contributed by atoms with Crippen LogP contribution in [0.3, 0.4) is 0 Å². The van der Waals surface area contributed by atoms with Gasteiger partial charge in [0.15, 0.2) is 5.82 Å². The average Bonchev–Trinajstić information content (AvgIpc) is 4.05. The summed E-state index contributed by atoms with van der Waals surface area (Å²) in [4.78, 5) is 93.1. The zero-order chi connectivity index (χ0) is 48.5. The number of carbonyl (C=O) groups is 5. The van der Waals surface area contributed by atoms with Crippen LogP contribution in [0.4, 0.5) is 17.3 Å². The standard InChI is InChI=1S/C55H69N11O5/c1-34(2)65-33-57-45-31-44(59-50(49(45)65)58-39-8-9-39)37-6-11-43-46(28-37)66(41-29-40(30-41)61-20-4-3-5-21-61)54(71)55(43)18-26-64(27-19-55)53(70)36-16-24-63(25-17-36)52(69)35-14-22-62(23-15-35)47-12-7-38(32-56-47)42-10-13-48(67)60-51(42)68/h6-7,11-12,28,31-36,39-42H,3-5,8-10,13-27,29-30H2,1-2H3,(H,58,59)(H,60,67,68)/t40-,41+,42?. The lowest BCUT2D eigenvalue weighted by Crippen LogP contribution is -2.58. The molecule has 12 rings (SSSR count). The highest BCUT2D eigenvalue weighted by Gasteiger charge is 2.56. The van der Waals surface area contributed by atoms with E-state index in [1.165, 1.54) is 19.3 Å². The minimum absolute atomic E-state index is 0.0612. The van der Waals surface area contributed by atoms with Crippen LogP contribution in [0.15, 0.2) is 48.9 Å². The van der Waals surface area contributed by atoms with Crippen LogP contribution in [0.25, 0.3) is 22.3 Å². The average molecular weight is 964 g/mol. The van der Waals surface area contributed by atoms with E-state index in [-0.39, 0.29) is 59.4 Å². The second-order valence-electron chi connectivity index (χ2n) is 22.4. The number of nitrogens with zero attached hydrogens (tertiary/aromatic N) is 9. The maximum Gasteiger partial charge on any atom is 0.238 e. The van der Waals surface area contributed by atoms with Crippen molar-refractivity contribution in [1.82, 2.24) is 39.5 Å². The Hall–Kier alpha value is -5.90. The number of hydrogen-bond donors (Lipinski definition) is 2. The normalized spacial score (nSPS) is 25.5. The lowest BCUT2D eigenvalue weighted by molar-refractivity contribution is -0.144. The van der Waals surface area contributed by atoms with Gasteiger partial charge in [-0.1, -0.05) is 24.6 Å². The number of piperidine rings is 5. The van der Waals surface area contributed by atoms with E-state index in [0.29, 0.717) is 76.8 Å². The molecule has 8 aliphatic rings. The molecule has 16 heteroatoms. The number of amides is 5. The number of hydrogen-bond acceptors (Lipinski definition) is 11. The molecular weight excluding hydrogens is 895 g/mol. The fraction of sp³-hybridized carbons (Fsp3) is 0.600. The molecule has 1 aromatic carbocycles. The molecule has 1 unspecified atom stereocenters. The molecule has 1 atom stereocenters. The molecule has 7 fully saturated rings. The van der Waals surface area contributed by atoms with Gasteiger partial charge in [0.2, 0.25) is 29.5 Å². The van der Waals surface area contributed by atoms with Gasteiger partial charge in [-0.3, -0.25) is 29.3 Å². The Morgan fingerprint density at radius 1 is 0.761 bits per heavy atom. The Morgan fingerprint density at radius 3 is 2.13 bits per heavy atom. The van der Waals surface area contributed by atoms with E-state index < -0.39 is 5.41 Å². The summed E-state index contributed by atoms with van der Waals surface area (Å²) in [6.45, 7) is 10.3. The Balaban J connectivity index is 0.695. The quantitative estimate of drug-likeness (QED) is 0.166. The van der Waals surface area contributed by atoms with Gasteiger partial charge in [-0.05, 0) is 140 Å². The summed E-state index contributed by atoms with van der Waals surface area (Å²) < 4.78 is 2.20. The van der Waals surface area contributed by atoms with Crippen LogP contribution >= 0.6 is 0 Å². The Bertz CT molecular complexity index is 2720. The SMILES string of the molecule is CC(C)n1cnc2cc(-c3ccc4c(c3)N([C@H]3C[C@@H](N5CCCCC5)C3)C(=O)C43CCN(C(=O)C4CCN(C(=O)C5CCN(c6ccc(C7CCC(=O)NC7=O)cn6)CC5)CC4)CC3)nc(NC3CC3)c21. The number of benzene rings is 1. The largest absolute Gasteiger partial charge is 0.366 e. The van der Waals surface area contributed by atoms with Gasteiger partial charge in [0.05, 0.1) is 28.9 Å². The Kier molecular flexibility index (Phi) is 12.1. The number of imidazole rings is 1. The van der Waals surface area contributed by atoms with Crippen molar-refractivity contribution in [1.29, 1.82) is 0 Å². The molecule has 6 aliphatic heterocycles. The third-order valence-corrected chi connectivity index (χ3v) is 17.7. The van der Waals surface area contributed by atoms with Gasteiger partial charge < -0.3 is 34.4 Å². The summed E-state index contributed by atoms with van der Waals surface area (Å²) in [5, 5.41) is 6.13. The minimum Gasteiger partial charge on any atom is -0.366 e. The van der Waals surface area contributed by atoms with E-state index in [2.05, 4.69) is 73.0 Å². The maximum absolute atomic E-state index is 15.2. The molecule has 2 saturated carbocycles. The Labute approximate surface area is 416 Å². The molecule has 1 spiro atoms. The van der Waals surface area contributed by atoms with Crippen molar-refractivity contribution in [3.63, 3.8) is 0 Å². The molecule has 3 aromatic heterocycles. The van der Waals surface area contributed by atoms with Crippen molar-refractivity contribution in [2.24, 2.45) is 11.8 Å². The molecular formula is C55H69N11O5. The van der Waals surface area contributed by atoms with Gasteiger partial charge >= 0.3 is 0 Å². The van der Waals surface area contributed by atoms with Crippen LogP contribution in [0, 0.1) is 11.8 Å². The van der Waals surface area contributed by atoms with Crippen LogP contribution in [0.1, 0.15) is 133 Å². The fourth-order valence-electron chi connectivity index (χ4n) is 13.2. The first-order chi connectivity index (χ1) is 34.5. The molecule has 5 saturated heterocycles. The molecule has 0 radical (unpaired) electrons. The lowest BCUT2D eigenvalue weighted by Gasteiger charge is -2.48. The van der Waals surface area contributed by atoms with E-state index in [1.54, 1.807) is 6.20 Å². The number of likely N-dealkylation sites (tertiary alicyclic amines) is 3. The van der Waals surface area contributed by atoms with Crippen LogP contribution in [-0.2, 0) is 29.4 Å². The smallest absolute Gasteiger partial charge is 0.238 e. The van der Waals surface area contributed by atoms with Crippen LogP contribution in [0.2, 0.25) is 0 Å². The summed E-state index contributed by atoms with van der Waals surface area (Å²) in [6, 6.07) is 13.9. The molecule has 4 aromatic rings. The highest BCUT2D eigenvalue weighted by molar-refractivity contribution is 6.09. The summed E-state index contributed by atoms with van der Waals surface area (Å²) in [7, 11) is 0. The van der Waals surface area contributed by atoms with Crippen LogP contribution < -0.4 is 20.4 Å². The zero-order valence-corrected chi connectivity index (χ0v) is 41.5. The molecule has 2 aliphatic carbocycles. The van der Waals surface area contributed by atoms with Crippen molar-refractivity contribution in [3.8, 4) is 11.3 Å². The van der Waals surface area contributed by atoms with Crippen molar-refractivity contribution in [2.75, 3.05) is 67.5 Å². The number of fused-ring (bicyclic) bond motifs is 3. The summed E-state index contributed by atoms with van der Waals surface area (Å²) in [5.74, 6) is 1.20. The number of anilines is 3. The topological polar surface area (TPSA) is 169 Å². The van der Waals surface area contributed by atoms with Gasteiger partial charge in [0.25, 0.3) is 0 Å². The first kappa shape index (κ1) is 46.2. The Morgan fingerprint density at radius 2 is 1.46 bits per heavy atom. The van der Waals surface area contributed by atoms with E-state index in [0.717, 1.165) is 115 Å². The number of aromatic nitrogens is 4. The van der Waals surface area contributed by atoms with E-state index >= 15 is 4.79 Å². The van der Waals surface area contributed by atoms with Crippen LogP contribution in [-0.4, -0.2) is 134 Å². The third kappa shape index (κ3) is 8.54. The van der Waals surface area contributed by atoms with Gasteiger partial charge in [0.1, 0.15) is 11.3 Å². The lowest BCUT2D eigenvalue weighted by atomic mass is 9.73. The fourth-order valence-corrected chi connectivity index (χ4v) is 13.2. The molecule has 71 heavy (non-hydrogen) atoms. The summed E-state index contributed by atoms with van der Waals surface area (Å²) in [5.41, 5.74) is 6.04. The van der Waals surface area contributed by atoms with E-state index in [4.69, 9.17) is 9.97 Å². The van der Waals surface area contributed by atoms with Crippen molar-refractivity contribution in [3.05, 3.63) is 60.0 Å². The molecule has 374 valence electrons. The number of pyridine rings is 2. The molecule has 16 nitrogen and oxygen atoms in total.